The molecule has 7 nitrogen and oxygen atoms in total. The molecule has 0 bridgehead atoms. The molecule has 158 valence electrons. The van der Waals surface area contributed by atoms with Crippen LogP contribution in [-0.2, 0) is 16.1 Å². The molecule has 0 spiro atoms. The zero-order valence-corrected chi connectivity index (χ0v) is 17.3. The van der Waals surface area contributed by atoms with E-state index in [0.29, 0.717) is 16.7 Å². The van der Waals surface area contributed by atoms with Gasteiger partial charge in [-0.15, -0.1) is 0 Å². The van der Waals surface area contributed by atoms with Gasteiger partial charge >= 0.3 is 11.9 Å². The number of nitrogens with zero attached hydrogens (tertiary/aromatic N) is 2. The predicted octanol–water partition coefficient (Wildman–Crippen LogP) is 4.60. The molecule has 0 aliphatic carbocycles. The maximum atomic E-state index is 9.10. The third-order valence-electron chi connectivity index (χ3n) is 4.05. The van der Waals surface area contributed by atoms with Crippen molar-refractivity contribution in [2.45, 2.75) is 18.9 Å². The Morgan fingerprint density at radius 2 is 1.77 bits per heavy atom. The molecule has 0 aliphatic rings. The highest BCUT2D eigenvalue weighted by atomic mass is 35.5. The maximum absolute atomic E-state index is 9.10. The van der Waals surface area contributed by atoms with Crippen molar-refractivity contribution in [2.24, 2.45) is 0 Å². The molecule has 1 heterocycles. The van der Waals surface area contributed by atoms with E-state index in [1.165, 1.54) is 0 Å². The first kappa shape index (κ1) is 23.3. The molecule has 0 radical (unpaired) electrons. The second-order valence-electron chi connectivity index (χ2n) is 6.18. The van der Waals surface area contributed by atoms with Crippen LogP contribution in [0.4, 0.5) is 0 Å². The van der Waals surface area contributed by atoms with Crippen LogP contribution in [0.1, 0.15) is 17.9 Å². The number of rotatable bonds is 7. The van der Waals surface area contributed by atoms with E-state index in [0.717, 1.165) is 24.3 Å². The van der Waals surface area contributed by atoms with Crippen LogP contribution in [0.3, 0.4) is 0 Å². The molecule has 0 fully saturated rings. The SMILES string of the molecule is Clc1ccc(C(CCOc2ccccc2)Cn2ccnc2)c(Cl)c1.O=C(O)C(=O)O. The van der Waals surface area contributed by atoms with Crippen LogP contribution in [0, 0.1) is 0 Å². The Hall–Kier alpha value is -3.03. The molecule has 9 heteroatoms. The highest BCUT2D eigenvalue weighted by molar-refractivity contribution is 6.35. The number of benzene rings is 2. The molecule has 0 saturated carbocycles. The quantitative estimate of drug-likeness (QED) is 0.510. The standard InChI is InChI=1S/C19H18Cl2N2O.C2H2O4/c20-16-6-7-18(19(21)12-16)15(13-23-10-9-22-14-23)8-11-24-17-4-2-1-3-5-17;3-1(4)2(5)6/h1-7,9-10,12,14-15H,8,11,13H2;(H,3,4)(H,5,6). The first-order valence-corrected chi connectivity index (χ1v) is 9.67. The van der Waals surface area contributed by atoms with E-state index in [1.807, 2.05) is 55.0 Å². The lowest BCUT2D eigenvalue weighted by Gasteiger charge is -2.20. The average Bonchev–Trinajstić information content (AvgIpc) is 3.22. The molecule has 1 aromatic heterocycles. The summed E-state index contributed by atoms with van der Waals surface area (Å²) in [7, 11) is 0. The third kappa shape index (κ3) is 7.77. The summed E-state index contributed by atoms with van der Waals surface area (Å²) in [4.78, 5) is 22.3. The number of aliphatic carboxylic acids is 2. The molecule has 0 saturated heterocycles. The Kier molecular flexibility index (Phi) is 9.18. The number of ether oxygens (including phenoxy) is 1. The number of hydrogen-bond donors (Lipinski definition) is 2. The molecule has 1 atom stereocenters. The molecule has 3 rings (SSSR count). The van der Waals surface area contributed by atoms with Gasteiger partial charge in [0.05, 0.1) is 12.9 Å². The Labute approximate surface area is 183 Å². The molecule has 2 N–H and O–H groups in total. The summed E-state index contributed by atoms with van der Waals surface area (Å²) < 4.78 is 7.90. The highest BCUT2D eigenvalue weighted by Gasteiger charge is 2.16. The van der Waals surface area contributed by atoms with Gasteiger partial charge in [0, 0.05) is 34.9 Å². The molecule has 2 aromatic carbocycles. The Morgan fingerprint density at radius 1 is 1.07 bits per heavy atom. The van der Waals surface area contributed by atoms with E-state index >= 15 is 0 Å². The number of para-hydroxylation sites is 1. The lowest BCUT2D eigenvalue weighted by molar-refractivity contribution is -0.159. The van der Waals surface area contributed by atoms with Gasteiger partial charge in [-0.05, 0) is 36.2 Å². The fraction of sp³-hybridized carbons (Fsp3) is 0.190. The minimum atomic E-state index is -1.82. The van der Waals surface area contributed by atoms with Crippen molar-refractivity contribution in [3.8, 4) is 5.75 Å². The molecular formula is C21H20Cl2N2O5. The van der Waals surface area contributed by atoms with Crippen molar-refractivity contribution in [3.63, 3.8) is 0 Å². The van der Waals surface area contributed by atoms with E-state index in [1.54, 1.807) is 12.3 Å². The van der Waals surface area contributed by atoms with E-state index < -0.39 is 11.9 Å². The Bertz CT molecular complexity index is 937. The van der Waals surface area contributed by atoms with E-state index in [2.05, 4.69) is 9.55 Å². The summed E-state index contributed by atoms with van der Waals surface area (Å²) >= 11 is 12.4. The summed E-state index contributed by atoms with van der Waals surface area (Å²) in [5.41, 5.74) is 1.08. The van der Waals surface area contributed by atoms with Crippen molar-refractivity contribution in [1.29, 1.82) is 0 Å². The number of halogens is 2. The van der Waals surface area contributed by atoms with Crippen LogP contribution < -0.4 is 4.74 Å². The van der Waals surface area contributed by atoms with Crippen molar-refractivity contribution >= 4 is 35.1 Å². The number of hydrogen-bond acceptors (Lipinski definition) is 4. The fourth-order valence-corrected chi connectivity index (χ4v) is 3.23. The third-order valence-corrected chi connectivity index (χ3v) is 4.62. The van der Waals surface area contributed by atoms with Crippen molar-refractivity contribution in [3.05, 3.63) is 82.9 Å². The van der Waals surface area contributed by atoms with Crippen molar-refractivity contribution in [2.75, 3.05) is 6.61 Å². The molecule has 0 aliphatic heterocycles. The number of aromatic nitrogens is 2. The predicted molar refractivity (Wildman–Crippen MR) is 113 cm³/mol. The summed E-state index contributed by atoms with van der Waals surface area (Å²) in [5, 5.41) is 16.1. The van der Waals surface area contributed by atoms with Gasteiger partial charge in [0.2, 0.25) is 0 Å². The Morgan fingerprint density at radius 3 is 2.33 bits per heavy atom. The molecule has 0 amide bonds. The van der Waals surface area contributed by atoms with Gasteiger partial charge < -0.3 is 19.5 Å². The van der Waals surface area contributed by atoms with E-state index in [9.17, 15) is 0 Å². The van der Waals surface area contributed by atoms with Gasteiger partial charge in [0.1, 0.15) is 5.75 Å². The second kappa shape index (κ2) is 11.8. The number of imidazole rings is 1. The molecule has 1 unspecified atom stereocenters. The number of carboxylic acid groups (broad SMARTS) is 2. The zero-order valence-electron chi connectivity index (χ0n) is 15.8. The van der Waals surface area contributed by atoms with E-state index in [4.69, 9.17) is 47.7 Å². The summed E-state index contributed by atoms with van der Waals surface area (Å²) in [6, 6.07) is 15.5. The monoisotopic (exact) mass is 450 g/mol. The number of carboxylic acids is 2. The topological polar surface area (TPSA) is 102 Å². The van der Waals surface area contributed by atoms with Crippen LogP contribution in [0.15, 0.2) is 67.3 Å². The van der Waals surface area contributed by atoms with Gasteiger partial charge in [0.15, 0.2) is 0 Å². The van der Waals surface area contributed by atoms with E-state index in [-0.39, 0.29) is 5.92 Å². The Balaban J connectivity index is 0.000000469. The summed E-state index contributed by atoms with van der Waals surface area (Å²) in [5.74, 6) is -2.56. The van der Waals surface area contributed by atoms with Gasteiger partial charge in [-0.25, -0.2) is 14.6 Å². The first-order chi connectivity index (χ1) is 14.4. The summed E-state index contributed by atoms with van der Waals surface area (Å²) in [6.45, 7) is 1.40. The van der Waals surface area contributed by atoms with Gasteiger partial charge in [-0.3, -0.25) is 0 Å². The minimum Gasteiger partial charge on any atom is -0.494 e. The smallest absolute Gasteiger partial charge is 0.414 e. The average molecular weight is 451 g/mol. The van der Waals surface area contributed by atoms with Crippen LogP contribution in [-0.4, -0.2) is 38.3 Å². The first-order valence-electron chi connectivity index (χ1n) is 8.91. The van der Waals surface area contributed by atoms with Gasteiger partial charge in [-0.2, -0.15) is 0 Å². The molecule has 30 heavy (non-hydrogen) atoms. The van der Waals surface area contributed by atoms with Crippen LogP contribution in [0.25, 0.3) is 0 Å². The van der Waals surface area contributed by atoms with Crippen molar-refractivity contribution < 1.29 is 24.5 Å². The van der Waals surface area contributed by atoms with Crippen LogP contribution in [0.2, 0.25) is 10.0 Å². The normalized spacial score (nSPS) is 11.1. The largest absolute Gasteiger partial charge is 0.494 e. The van der Waals surface area contributed by atoms with Gasteiger partial charge in [0.25, 0.3) is 0 Å². The fourth-order valence-electron chi connectivity index (χ4n) is 2.66. The molecule has 3 aromatic rings. The summed E-state index contributed by atoms with van der Waals surface area (Å²) in [6.07, 6.45) is 6.39. The maximum Gasteiger partial charge on any atom is 0.414 e. The molecular weight excluding hydrogens is 431 g/mol. The zero-order chi connectivity index (χ0) is 21.9. The second-order valence-corrected chi connectivity index (χ2v) is 7.03. The van der Waals surface area contributed by atoms with Gasteiger partial charge in [-0.1, -0.05) is 47.5 Å². The van der Waals surface area contributed by atoms with Crippen LogP contribution in [0.5, 0.6) is 5.75 Å². The van der Waals surface area contributed by atoms with Crippen molar-refractivity contribution in [1.82, 2.24) is 9.55 Å². The number of carbonyl (C=O) groups is 2. The van der Waals surface area contributed by atoms with Crippen LogP contribution >= 0.6 is 23.2 Å². The minimum absolute atomic E-state index is 0.215. The highest BCUT2D eigenvalue weighted by Crippen LogP contribution is 2.31. The lowest BCUT2D eigenvalue weighted by atomic mass is 9.95. The lowest BCUT2D eigenvalue weighted by Crippen LogP contribution is -2.12.